The van der Waals surface area contributed by atoms with Gasteiger partial charge < -0.3 is 5.32 Å². The number of carbonyl (C=O) groups excluding carboxylic acids is 1. The van der Waals surface area contributed by atoms with Gasteiger partial charge in [-0.3, -0.25) is 4.79 Å². The molecule has 0 radical (unpaired) electrons. The fourth-order valence-corrected chi connectivity index (χ4v) is 2.29. The third-order valence-electron chi connectivity index (χ3n) is 3.63. The molecular weight excluding hydrogens is 262 g/mol. The Hall–Kier alpha value is -2.10. The predicted molar refractivity (Wildman–Crippen MR) is 82.7 cm³/mol. The molecule has 4 heteroatoms. The predicted octanol–water partition coefficient (Wildman–Crippen LogP) is 3.14. The van der Waals surface area contributed by atoms with Gasteiger partial charge >= 0.3 is 0 Å². The highest BCUT2D eigenvalue weighted by Crippen LogP contribution is 2.39. The number of rotatable bonds is 5. The van der Waals surface area contributed by atoms with Crippen molar-refractivity contribution in [3.05, 3.63) is 47.8 Å². The molecule has 1 aromatic heterocycles. The van der Waals surface area contributed by atoms with Crippen LogP contribution in [0.2, 0.25) is 0 Å². The van der Waals surface area contributed by atoms with Gasteiger partial charge in [0, 0.05) is 12.5 Å². The largest absolute Gasteiger partial charge is 0.350 e. The first-order valence-electron chi connectivity index (χ1n) is 7.58. The number of nitrogens with one attached hydrogen (secondary N) is 1. The van der Waals surface area contributed by atoms with Gasteiger partial charge in [0.2, 0.25) is 0 Å². The van der Waals surface area contributed by atoms with Crippen LogP contribution in [0.25, 0.3) is 5.69 Å². The fraction of sp³-hybridized carbons (Fsp3) is 0.412. The van der Waals surface area contributed by atoms with Crippen molar-refractivity contribution in [2.45, 2.75) is 32.6 Å². The van der Waals surface area contributed by atoms with Crippen molar-refractivity contribution >= 4 is 5.91 Å². The Labute approximate surface area is 125 Å². The van der Waals surface area contributed by atoms with Gasteiger partial charge in [-0.2, -0.15) is 5.10 Å². The number of hydrogen-bond donors (Lipinski definition) is 1. The highest BCUT2D eigenvalue weighted by molar-refractivity contribution is 5.93. The second-order valence-electron chi connectivity index (χ2n) is 6.08. The van der Waals surface area contributed by atoms with E-state index in [9.17, 15) is 4.79 Å². The van der Waals surface area contributed by atoms with Gasteiger partial charge in [0.15, 0.2) is 0 Å². The van der Waals surface area contributed by atoms with E-state index >= 15 is 0 Å². The summed E-state index contributed by atoms with van der Waals surface area (Å²) >= 11 is 0. The Bertz CT molecular complexity index is 627. The van der Waals surface area contributed by atoms with Crippen LogP contribution in [0.15, 0.2) is 36.4 Å². The highest BCUT2D eigenvalue weighted by atomic mass is 16.2. The lowest BCUT2D eigenvalue weighted by Gasteiger charge is -2.09. The van der Waals surface area contributed by atoms with Crippen molar-refractivity contribution in [1.29, 1.82) is 0 Å². The number of aromatic nitrogens is 2. The van der Waals surface area contributed by atoms with Gasteiger partial charge in [0.05, 0.1) is 11.4 Å². The van der Waals surface area contributed by atoms with E-state index in [-0.39, 0.29) is 5.91 Å². The van der Waals surface area contributed by atoms with Crippen molar-refractivity contribution in [3.8, 4) is 5.69 Å². The summed E-state index contributed by atoms with van der Waals surface area (Å²) in [4.78, 5) is 12.4. The molecule has 110 valence electrons. The number of para-hydroxylation sites is 1. The van der Waals surface area contributed by atoms with Crippen LogP contribution in [-0.4, -0.2) is 22.2 Å². The number of amides is 1. The summed E-state index contributed by atoms with van der Waals surface area (Å²) in [5, 5.41) is 7.63. The molecule has 0 saturated heterocycles. The van der Waals surface area contributed by atoms with Gasteiger partial charge in [-0.25, -0.2) is 4.68 Å². The highest BCUT2D eigenvalue weighted by Gasteiger charge is 2.28. The van der Waals surface area contributed by atoms with Gasteiger partial charge in [0.1, 0.15) is 5.69 Å². The van der Waals surface area contributed by atoms with Crippen LogP contribution in [0.1, 0.15) is 48.8 Å². The number of benzene rings is 1. The molecule has 1 N–H and O–H groups in total. The molecule has 2 aromatic rings. The number of carbonyl (C=O) groups is 1. The Balaban J connectivity index is 1.92. The van der Waals surface area contributed by atoms with Crippen LogP contribution in [0.4, 0.5) is 0 Å². The van der Waals surface area contributed by atoms with E-state index in [2.05, 4.69) is 24.3 Å². The fourth-order valence-electron chi connectivity index (χ4n) is 2.29. The third-order valence-corrected chi connectivity index (χ3v) is 3.63. The Morgan fingerprint density at radius 3 is 2.67 bits per heavy atom. The normalized spacial score (nSPS) is 14.4. The average Bonchev–Trinajstić information content (AvgIpc) is 3.24. The first-order chi connectivity index (χ1) is 10.1. The molecule has 21 heavy (non-hydrogen) atoms. The summed E-state index contributed by atoms with van der Waals surface area (Å²) in [7, 11) is 0. The maximum absolute atomic E-state index is 12.4. The van der Waals surface area contributed by atoms with Crippen LogP contribution < -0.4 is 5.32 Å². The Kier molecular flexibility index (Phi) is 3.78. The Morgan fingerprint density at radius 1 is 1.33 bits per heavy atom. The first kappa shape index (κ1) is 13.9. The maximum atomic E-state index is 12.4. The molecule has 1 heterocycles. The lowest BCUT2D eigenvalue weighted by molar-refractivity contribution is 0.0941. The van der Waals surface area contributed by atoms with Crippen LogP contribution in [-0.2, 0) is 0 Å². The van der Waals surface area contributed by atoms with Crippen LogP contribution in [0.5, 0.6) is 0 Å². The van der Waals surface area contributed by atoms with E-state index < -0.39 is 0 Å². The molecule has 0 atom stereocenters. The molecule has 0 bridgehead atoms. The van der Waals surface area contributed by atoms with Crippen molar-refractivity contribution in [3.63, 3.8) is 0 Å². The van der Waals surface area contributed by atoms with Crippen molar-refractivity contribution < 1.29 is 4.79 Å². The lowest BCUT2D eigenvalue weighted by atomic mass is 10.2. The molecule has 1 saturated carbocycles. The van der Waals surface area contributed by atoms with Crippen LogP contribution in [0, 0.1) is 5.92 Å². The van der Waals surface area contributed by atoms with Gasteiger partial charge in [-0.05, 0) is 37.0 Å². The molecular formula is C17H21N3O. The average molecular weight is 283 g/mol. The SMILES string of the molecule is CC(C)CNC(=O)c1cc(C2CC2)nn1-c1ccccc1. The summed E-state index contributed by atoms with van der Waals surface area (Å²) in [6.45, 7) is 4.85. The minimum Gasteiger partial charge on any atom is -0.350 e. The second-order valence-corrected chi connectivity index (χ2v) is 6.08. The summed E-state index contributed by atoms with van der Waals surface area (Å²) in [6.07, 6.45) is 2.36. The molecule has 1 aliphatic rings. The molecule has 1 amide bonds. The van der Waals surface area contributed by atoms with Gasteiger partial charge in [-0.15, -0.1) is 0 Å². The molecule has 0 aliphatic heterocycles. The third kappa shape index (κ3) is 3.15. The maximum Gasteiger partial charge on any atom is 0.270 e. The van der Waals surface area contributed by atoms with Crippen molar-refractivity contribution in [2.75, 3.05) is 6.54 Å². The molecule has 1 fully saturated rings. The van der Waals surface area contributed by atoms with Crippen LogP contribution >= 0.6 is 0 Å². The van der Waals surface area contributed by atoms with Crippen molar-refractivity contribution in [2.24, 2.45) is 5.92 Å². The second kappa shape index (κ2) is 5.72. The minimum atomic E-state index is -0.0491. The molecule has 1 aromatic carbocycles. The summed E-state index contributed by atoms with van der Waals surface area (Å²) in [6, 6.07) is 11.8. The zero-order chi connectivity index (χ0) is 14.8. The quantitative estimate of drug-likeness (QED) is 0.916. The standard InChI is InChI=1S/C17H21N3O/c1-12(2)11-18-17(21)16-10-15(13-8-9-13)19-20(16)14-6-4-3-5-7-14/h3-7,10,12-13H,8-9,11H2,1-2H3,(H,18,21). The zero-order valence-corrected chi connectivity index (χ0v) is 12.5. The zero-order valence-electron chi connectivity index (χ0n) is 12.5. The van der Waals surface area contributed by atoms with Crippen molar-refractivity contribution in [1.82, 2.24) is 15.1 Å². The van der Waals surface area contributed by atoms with E-state index in [0.717, 1.165) is 11.4 Å². The molecule has 1 aliphatic carbocycles. The summed E-state index contributed by atoms with van der Waals surface area (Å²) in [5.74, 6) is 0.920. The number of nitrogens with zero attached hydrogens (tertiary/aromatic N) is 2. The van der Waals surface area contributed by atoms with E-state index in [4.69, 9.17) is 0 Å². The van der Waals surface area contributed by atoms with Gasteiger partial charge in [-0.1, -0.05) is 32.0 Å². The monoisotopic (exact) mass is 283 g/mol. The van der Waals surface area contributed by atoms with Crippen LogP contribution in [0.3, 0.4) is 0 Å². The topological polar surface area (TPSA) is 46.9 Å². The Morgan fingerprint density at radius 2 is 2.05 bits per heavy atom. The van der Waals surface area contributed by atoms with E-state index in [0.29, 0.717) is 24.1 Å². The molecule has 3 rings (SSSR count). The summed E-state index contributed by atoms with van der Waals surface area (Å²) in [5.41, 5.74) is 2.59. The molecule has 0 unspecified atom stereocenters. The molecule has 0 spiro atoms. The first-order valence-corrected chi connectivity index (χ1v) is 7.58. The minimum absolute atomic E-state index is 0.0491. The lowest BCUT2D eigenvalue weighted by Crippen LogP contribution is -2.29. The molecule has 4 nitrogen and oxygen atoms in total. The van der Waals surface area contributed by atoms with E-state index in [1.807, 2.05) is 36.4 Å². The van der Waals surface area contributed by atoms with Gasteiger partial charge in [0.25, 0.3) is 5.91 Å². The smallest absolute Gasteiger partial charge is 0.270 e. The van der Waals surface area contributed by atoms with E-state index in [1.54, 1.807) is 4.68 Å². The summed E-state index contributed by atoms with van der Waals surface area (Å²) < 4.78 is 1.77. The van der Waals surface area contributed by atoms with E-state index in [1.165, 1.54) is 12.8 Å². The number of hydrogen-bond acceptors (Lipinski definition) is 2.